The van der Waals surface area contributed by atoms with Crippen molar-refractivity contribution < 1.29 is 24.2 Å². The number of nitrogens with zero attached hydrogens (tertiary/aromatic N) is 1. The Balaban J connectivity index is 2.15. The van der Waals surface area contributed by atoms with Gasteiger partial charge in [-0.1, -0.05) is 0 Å². The van der Waals surface area contributed by atoms with Crippen LogP contribution < -0.4 is 5.32 Å². The maximum absolute atomic E-state index is 11.7. The Morgan fingerprint density at radius 3 is 2.52 bits per heavy atom. The number of carbonyl (C=O) groups is 3. The Hall–Kier alpha value is -1.63. The highest BCUT2D eigenvalue weighted by Gasteiger charge is 2.26. The molecule has 1 saturated heterocycles. The molecular formula is C14H24N2O5. The highest BCUT2D eigenvalue weighted by atomic mass is 16.5. The van der Waals surface area contributed by atoms with Gasteiger partial charge in [-0.25, -0.2) is 0 Å². The predicted octanol–water partition coefficient (Wildman–Crippen LogP) is 0.243. The number of rotatable bonds is 8. The Morgan fingerprint density at radius 2 is 1.95 bits per heavy atom. The van der Waals surface area contributed by atoms with E-state index in [1.165, 1.54) is 0 Å². The Morgan fingerprint density at radius 1 is 1.29 bits per heavy atom. The summed E-state index contributed by atoms with van der Waals surface area (Å²) in [5.41, 5.74) is 0. The van der Waals surface area contributed by atoms with Crippen molar-refractivity contribution in [2.24, 2.45) is 5.92 Å². The van der Waals surface area contributed by atoms with Crippen molar-refractivity contribution in [2.45, 2.75) is 32.6 Å². The van der Waals surface area contributed by atoms with Gasteiger partial charge in [0.2, 0.25) is 5.91 Å². The second-order valence-electron chi connectivity index (χ2n) is 5.15. The van der Waals surface area contributed by atoms with Crippen LogP contribution in [0, 0.1) is 5.92 Å². The molecule has 1 amide bonds. The smallest absolute Gasteiger partial charge is 0.309 e. The lowest BCUT2D eigenvalue weighted by atomic mass is 9.97. The van der Waals surface area contributed by atoms with Gasteiger partial charge in [0.05, 0.1) is 19.1 Å². The number of carboxylic acids is 1. The standard InChI is InChI=1S/C14H24N2O5/c1-2-21-14(20)11-5-8-16(9-6-11)10-12(17)15-7-3-4-13(18)19/h11H,2-10H2,1H3,(H,15,17)(H,18,19). The summed E-state index contributed by atoms with van der Waals surface area (Å²) in [4.78, 5) is 35.6. The molecule has 7 heteroatoms. The lowest BCUT2D eigenvalue weighted by Crippen LogP contribution is -2.43. The zero-order valence-electron chi connectivity index (χ0n) is 12.5. The minimum absolute atomic E-state index is 0.0557. The van der Waals surface area contributed by atoms with Crippen LogP contribution in [0.3, 0.4) is 0 Å². The third-order valence-electron chi connectivity index (χ3n) is 3.46. The summed E-state index contributed by atoms with van der Waals surface area (Å²) in [7, 11) is 0. The third kappa shape index (κ3) is 7.08. The number of hydrogen-bond donors (Lipinski definition) is 2. The molecule has 1 aliphatic rings. The first-order valence-corrected chi connectivity index (χ1v) is 7.40. The van der Waals surface area contributed by atoms with Crippen molar-refractivity contribution in [1.29, 1.82) is 0 Å². The molecule has 0 saturated carbocycles. The Bertz CT molecular complexity index is 364. The van der Waals surface area contributed by atoms with Crippen LogP contribution in [-0.2, 0) is 19.1 Å². The normalized spacial score (nSPS) is 16.4. The van der Waals surface area contributed by atoms with Crippen molar-refractivity contribution in [2.75, 3.05) is 32.8 Å². The second-order valence-corrected chi connectivity index (χ2v) is 5.15. The molecule has 0 radical (unpaired) electrons. The zero-order chi connectivity index (χ0) is 15.7. The van der Waals surface area contributed by atoms with E-state index >= 15 is 0 Å². The van der Waals surface area contributed by atoms with Crippen LogP contribution in [0.25, 0.3) is 0 Å². The highest BCUT2D eigenvalue weighted by Crippen LogP contribution is 2.18. The summed E-state index contributed by atoms with van der Waals surface area (Å²) < 4.78 is 5.00. The number of hydrogen-bond acceptors (Lipinski definition) is 5. The number of esters is 1. The largest absolute Gasteiger partial charge is 0.481 e. The van der Waals surface area contributed by atoms with Gasteiger partial charge in [-0.05, 0) is 39.3 Å². The van der Waals surface area contributed by atoms with Gasteiger partial charge in [-0.3, -0.25) is 19.3 Å². The average molecular weight is 300 g/mol. The molecule has 0 aromatic rings. The van der Waals surface area contributed by atoms with Gasteiger partial charge in [0, 0.05) is 13.0 Å². The zero-order valence-corrected chi connectivity index (χ0v) is 12.5. The topological polar surface area (TPSA) is 95.9 Å². The number of piperidine rings is 1. The van der Waals surface area contributed by atoms with E-state index in [4.69, 9.17) is 9.84 Å². The fourth-order valence-electron chi connectivity index (χ4n) is 2.31. The predicted molar refractivity (Wildman–Crippen MR) is 75.7 cm³/mol. The summed E-state index contributed by atoms with van der Waals surface area (Å²) in [6.07, 6.45) is 1.92. The van der Waals surface area contributed by atoms with Gasteiger partial charge in [0.25, 0.3) is 0 Å². The number of ether oxygens (including phenoxy) is 1. The number of carboxylic acid groups (broad SMARTS) is 1. The monoisotopic (exact) mass is 300 g/mol. The molecule has 1 fully saturated rings. The van der Waals surface area contributed by atoms with Crippen molar-refractivity contribution in [1.82, 2.24) is 10.2 Å². The number of amides is 1. The second kappa shape index (κ2) is 9.33. The first-order chi connectivity index (χ1) is 10.0. The molecule has 1 aliphatic heterocycles. The molecule has 1 rings (SSSR count). The SMILES string of the molecule is CCOC(=O)C1CCN(CC(=O)NCCCC(=O)O)CC1. The van der Waals surface area contributed by atoms with Crippen molar-refractivity contribution in [3.63, 3.8) is 0 Å². The van der Waals surface area contributed by atoms with Gasteiger partial charge >= 0.3 is 11.9 Å². The van der Waals surface area contributed by atoms with Crippen molar-refractivity contribution >= 4 is 17.8 Å². The van der Waals surface area contributed by atoms with E-state index < -0.39 is 5.97 Å². The van der Waals surface area contributed by atoms with E-state index in [1.807, 2.05) is 4.90 Å². The summed E-state index contributed by atoms with van der Waals surface area (Å²) in [6.45, 7) is 4.27. The molecule has 21 heavy (non-hydrogen) atoms. The summed E-state index contributed by atoms with van der Waals surface area (Å²) in [5.74, 6) is -1.16. The van der Waals surface area contributed by atoms with E-state index in [0.717, 1.165) is 0 Å². The number of carbonyl (C=O) groups excluding carboxylic acids is 2. The van der Waals surface area contributed by atoms with Gasteiger partial charge in [0.15, 0.2) is 0 Å². The first-order valence-electron chi connectivity index (χ1n) is 7.40. The number of aliphatic carboxylic acids is 1. The molecule has 0 spiro atoms. The van der Waals surface area contributed by atoms with Crippen molar-refractivity contribution in [3.05, 3.63) is 0 Å². The van der Waals surface area contributed by atoms with E-state index in [1.54, 1.807) is 6.92 Å². The minimum Gasteiger partial charge on any atom is -0.481 e. The molecule has 0 unspecified atom stereocenters. The Kier molecular flexibility index (Phi) is 7.74. The molecule has 0 bridgehead atoms. The van der Waals surface area contributed by atoms with Crippen LogP contribution >= 0.6 is 0 Å². The van der Waals surface area contributed by atoms with E-state index in [0.29, 0.717) is 52.0 Å². The molecule has 0 aliphatic carbocycles. The van der Waals surface area contributed by atoms with Gasteiger partial charge in [-0.15, -0.1) is 0 Å². The van der Waals surface area contributed by atoms with Crippen LogP contribution in [0.1, 0.15) is 32.6 Å². The van der Waals surface area contributed by atoms with Gasteiger partial charge < -0.3 is 15.2 Å². The van der Waals surface area contributed by atoms with Gasteiger partial charge in [-0.2, -0.15) is 0 Å². The van der Waals surface area contributed by atoms with Crippen LogP contribution in [0.2, 0.25) is 0 Å². The quantitative estimate of drug-likeness (QED) is 0.492. The Labute approximate surface area is 124 Å². The van der Waals surface area contributed by atoms with E-state index in [9.17, 15) is 14.4 Å². The molecule has 7 nitrogen and oxygen atoms in total. The van der Waals surface area contributed by atoms with Crippen LogP contribution in [0.5, 0.6) is 0 Å². The maximum atomic E-state index is 11.7. The van der Waals surface area contributed by atoms with Crippen molar-refractivity contribution in [3.8, 4) is 0 Å². The first kappa shape index (κ1) is 17.4. The lowest BCUT2D eigenvalue weighted by Gasteiger charge is -2.30. The lowest BCUT2D eigenvalue weighted by molar-refractivity contribution is -0.149. The molecule has 0 aromatic carbocycles. The molecule has 120 valence electrons. The van der Waals surface area contributed by atoms with E-state index in [-0.39, 0.29) is 24.2 Å². The number of likely N-dealkylation sites (tertiary alicyclic amines) is 1. The average Bonchev–Trinajstić information content (AvgIpc) is 2.44. The maximum Gasteiger partial charge on any atom is 0.309 e. The molecule has 1 heterocycles. The fourth-order valence-corrected chi connectivity index (χ4v) is 2.31. The highest BCUT2D eigenvalue weighted by molar-refractivity contribution is 5.78. The summed E-state index contributed by atoms with van der Waals surface area (Å²) in [5, 5.41) is 11.2. The van der Waals surface area contributed by atoms with E-state index in [2.05, 4.69) is 5.32 Å². The fraction of sp³-hybridized carbons (Fsp3) is 0.786. The van der Waals surface area contributed by atoms with Crippen LogP contribution in [0.4, 0.5) is 0 Å². The minimum atomic E-state index is -0.856. The molecule has 0 aromatic heterocycles. The number of nitrogens with one attached hydrogen (secondary N) is 1. The molecule has 0 atom stereocenters. The van der Waals surface area contributed by atoms with Crippen LogP contribution in [0.15, 0.2) is 0 Å². The third-order valence-corrected chi connectivity index (χ3v) is 3.46. The summed E-state index contributed by atoms with van der Waals surface area (Å²) >= 11 is 0. The molecular weight excluding hydrogens is 276 g/mol. The van der Waals surface area contributed by atoms with Gasteiger partial charge in [0.1, 0.15) is 0 Å². The summed E-state index contributed by atoms with van der Waals surface area (Å²) in [6, 6.07) is 0. The molecule has 2 N–H and O–H groups in total. The van der Waals surface area contributed by atoms with Crippen LogP contribution in [-0.4, -0.2) is 60.6 Å².